The van der Waals surface area contributed by atoms with Crippen LogP contribution < -0.4 is 5.32 Å². The number of hydrogen-bond donors (Lipinski definition) is 2. The highest BCUT2D eigenvalue weighted by molar-refractivity contribution is 6.36. The van der Waals surface area contributed by atoms with E-state index < -0.39 is 0 Å². The summed E-state index contributed by atoms with van der Waals surface area (Å²) in [6, 6.07) is 5.19. The van der Waals surface area contributed by atoms with Crippen LogP contribution >= 0.6 is 23.2 Å². The third-order valence-electron chi connectivity index (χ3n) is 1.61. The van der Waals surface area contributed by atoms with Crippen molar-refractivity contribution in [3.05, 3.63) is 28.2 Å². The lowest BCUT2D eigenvalue weighted by Crippen LogP contribution is -2.19. The van der Waals surface area contributed by atoms with Crippen LogP contribution in [0.5, 0.6) is 0 Å². The topological polar surface area (TPSA) is 32.3 Å². The minimum atomic E-state index is -0.0151. The van der Waals surface area contributed by atoms with Gasteiger partial charge in [-0.25, -0.2) is 0 Å². The SMILES string of the molecule is CC(CO)Nc1ccc(Cl)cc1Cl. The van der Waals surface area contributed by atoms with Gasteiger partial charge in [0.2, 0.25) is 0 Å². The van der Waals surface area contributed by atoms with Crippen molar-refractivity contribution in [3.8, 4) is 0 Å². The first-order valence-corrected chi connectivity index (χ1v) is 4.71. The summed E-state index contributed by atoms with van der Waals surface area (Å²) in [5, 5.41) is 13.0. The summed E-state index contributed by atoms with van der Waals surface area (Å²) < 4.78 is 0. The van der Waals surface area contributed by atoms with Gasteiger partial charge in [-0.15, -0.1) is 0 Å². The van der Waals surface area contributed by atoms with Crippen molar-refractivity contribution in [1.82, 2.24) is 0 Å². The molecule has 4 heteroatoms. The van der Waals surface area contributed by atoms with E-state index >= 15 is 0 Å². The second-order valence-electron chi connectivity index (χ2n) is 2.85. The molecule has 2 nitrogen and oxygen atoms in total. The molecule has 0 saturated heterocycles. The van der Waals surface area contributed by atoms with Gasteiger partial charge in [0.25, 0.3) is 0 Å². The number of halogens is 2. The van der Waals surface area contributed by atoms with Crippen molar-refractivity contribution in [2.75, 3.05) is 11.9 Å². The van der Waals surface area contributed by atoms with E-state index in [2.05, 4.69) is 5.32 Å². The summed E-state index contributed by atoms with van der Waals surface area (Å²) >= 11 is 11.6. The zero-order chi connectivity index (χ0) is 9.84. The highest BCUT2D eigenvalue weighted by atomic mass is 35.5. The number of nitrogens with one attached hydrogen (secondary N) is 1. The molecule has 72 valence electrons. The van der Waals surface area contributed by atoms with Gasteiger partial charge in [0.15, 0.2) is 0 Å². The molecule has 0 bridgehead atoms. The van der Waals surface area contributed by atoms with Crippen LogP contribution in [0.25, 0.3) is 0 Å². The average Bonchev–Trinajstić information content (AvgIpc) is 2.09. The maximum absolute atomic E-state index is 8.81. The van der Waals surface area contributed by atoms with Crippen LogP contribution in [-0.2, 0) is 0 Å². The molecule has 0 aromatic heterocycles. The van der Waals surface area contributed by atoms with Gasteiger partial charge in [-0.3, -0.25) is 0 Å². The molecule has 0 amide bonds. The Morgan fingerprint density at radius 2 is 2.15 bits per heavy atom. The lowest BCUT2D eigenvalue weighted by atomic mass is 10.3. The van der Waals surface area contributed by atoms with Crippen LogP contribution in [-0.4, -0.2) is 17.8 Å². The summed E-state index contributed by atoms with van der Waals surface area (Å²) in [6.45, 7) is 1.93. The lowest BCUT2D eigenvalue weighted by molar-refractivity contribution is 0.281. The van der Waals surface area contributed by atoms with Gasteiger partial charge in [-0.05, 0) is 25.1 Å². The van der Waals surface area contributed by atoms with Crippen LogP contribution in [0.3, 0.4) is 0 Å². The summed E-state index contributed by atoms with van der Waals surface area (Å²) in [4.78, 5) is 0. The van der Waals surface area contributed by atoms with E-state index in [0.717, 1.165) is 5.69 Å². The fourth-order valence-corrected chi connectivity index (χ4v) is 1.38. The van der Waals surface area contributed by atoms with Crippen molar-refractivity contribution in [1.29, 1.82) is 0 Å². The van der Waals surface area contributed by atoms with E-state index in [9.17, 15) is 0 Å². The van der Waals surface area contributed by atoms with E-state index in [1.807, 2.05) is 6.92 Å². The monoisotopic (exact) mass is 219 g/mol. The van der Waals surface area contributed by atoms with Crippen molar-refractivity contribution >= 4 is 28.9 Å². The fourth-order valence-electron chi connectivity index (χ4n) is 0.918. The van der Waals surface area contributed by atoms with E-state index in [1.54, 1.807) is 18.2 Å². The smallest absolute Gasteiger partial charge is 0.0652 e. The molecule has 1 atom stereocenters. The Balaban J connectivity index is 2.77. The van der Waals surface area contributed by atoms with E-state index in [0.29, 0.717) is 10.0 Å². The van der Waals surface area contributed by atoms with Gasteiger partial charge in [0.1, 0.15) is 0 Å². The molecule has 0 saturated carbocycles. The molecule has 0 aliphatic rings. The van der Waals surface area contributed by atoms with Gasteiger partial charge < -0.3 is 10.4 Å². The summed E-state index contributed by atoms with van der Waals surface area (Å²) in [7, 11) is 0. The van der Waals surface area contributed by atoms with Crippen LogP contribution in [0.1, 0.15) is 6.92 Å². The Bertz CT molecular complexity index is 291. The molecule has 1 unspecified atom stereocenters. The van der Waals surface area contributed by atoms with Crippen LogP contribution in [0.2, 0.25) is 10.0 Å². The molecule has 0 radical (unpaired) electrons. The van der Waals surface area contributed by atoms with Gasteiger partial charge in [0, 0.05) is 11.1 Å². The number of aliphatic hydroxyl groups is 1. The van der Waals surface area contributed by atoms with Gasteiger partial charge in [-0.2, -0.15) is 0 Å². The van der Waals surface area contributed by atoms with E-state index in [1.165, 1.54) is 0 Å². The number of rotatable bonds is 3. The van der Waals surface area contributed by atoms with Crippen LogP contribution in [0.4, 0.5) is 5.69 Å². The Morgan fingerprint density at radius 3 is 2.69 bits per heavy atom. The standard InChI is InChI=1S/C9H11Cl2NO/c1-6(5-13)12-9-3-2-7(10)4-8(9)11/h2-4,6,12-13H,5H2,1H3. The first-order chi connectivity index (χ1) is 6.13. The minimum Gasteiger partial charge on any atom is -0.394 e. The van der Waals surface area contributed by atoms with Crippen LogP contribution in [0, 0.1) is 0 Å². The third-order valence-corrected chi connectivity index (χ3v) is 2.15. The number of aliphatic hydroxyl groups excluding tert-OH is 1. The molecule has 13 heavy (non-hydrogen) atoms. The predicted octanol–water partition coefficient (Wildman–Crippen LogP) is 2.79. The van der Waals surface area contributed by atoms with Crippen molar-refractivity contribution in [3.63, 3.8) is 0 Å². The molecule has 0 aliphatic heterocycles. The maximum atomic E-state index is 8.81. The molecule has 0 aliphatic carbocycles. The molecule has 0 fully saturated rings. The summed E-state index contributed by atoms with van der Waals surface area (Å²) in [6.07, 6.45) is 0. The second kappa shape index (κ2) is 4.70. The molecule has 1 aromatic rings. The lowest BCUT2D eigenvalue weighted by Gasteiger charge is -2.13. The Hall–Kier alpha value is -0.440. The first-order valence-electron chi connectivity index (χ1n) is 3.96. The first kappa shape index (κ1) is 10.6. The molecule has 0 spiro atoms. The summed E-state index contributed by atoms with van der Waals surface area (Å²) in [5.74, 6) is 0. The van der Waals surface area contributed by atoms with Crippen molar-refractivity contribution in [2.24, 2.45) is 0 Å². The summed E-state index contributed by atoms with van der Waals surface area (Å²) in [5.41, 5.74) is 0.785. The largest absolute Gasteiger partial charge is 0.394 e. The van der Waals surface area contributed by atoms with E-state index in [-0.39, 0.29) is 12.6 Å². The quantitative estimate of drug-likeness (QED) is 0.820. The fraction of sp³-hybridized carbons (Fsp3) is 0.333. The maximum Gasteiger partial charge on any atom is 0.0652 e. The van der Waals surface area contributed by atoms with Crippen molar-refractivity contribution in [2.45, 2.75) is 13.0 Å². The van der Waals surface area contributed by atoms with Crippen LogP contribution in [0.15, 0.2) is 18.2 Å². The van der Waals surface area contributed by atoms with E-state index in [4.69, 9.17) is 28.3 Å². The molecule has 2 N–H and O–H groups in total. The number of benzene rings is 1. The van der Waals surface area contributed by atoms with Gasteiger partial charge in [-0.1, -0.05) is 23.2 Å². The Kier molecular flexibility index (Phi) is 3.85. The Labute approximate surface area is 87.5 Å². The zero-order valence-corrected chi connectivity index (χ0v) is 8.73. The minimum absolute atomic E-state index is 0.0151. The van der Waals surface area contributed by atoms with Gasteiger partial charge >= 0.3 is 0 Å². The van der Waals surface area contributed by atoms with Crippen molar-refractivity contribution < 1.29 is 5.11 Å². The zero-order valence-electron chi connectivity index (χ0n) is 7.22. The predicted molar refractivity (Wildman–Crippen MR) is 56.6 cm³/mol. The Morgan fingerprint density at radius 1 is 1.46 bits per heavy atom. The highest BCUT2D eigenvalue weighted by Crippen LogP contribution is 2.25. The average molecular weight is 220 g/mol. The second-order valence-corrected chi connectivity index (χ2v) is 3.70. The molecule has 1 rings (SSSR count). The molecular weight excluding hydrogens is 209 g/mol. The molecular formula is C9H11Cl2NO. The molecule has 0 heterocycles. The normalized spacial score (nSPS) is 12.6. The number of anilines is 1. The highest BCUT2D eigenvalue weighted by Gasteiger charge is 2.03. The molecule has 1 aromatic carbocycles. The third kappa shape index (κ3) is 3.07. The van der Waals surface area contributed by atoms with Gasteiger partial charge in [0.05, 0.1) is 17.3 Å². The number of hydrogen-bond acceptors (Lipinski definition) is 2.